The highest BCUT2D eigenvalue weighted by atomic mass is 16.2. The van der Waals surface area contributed by atoms with Gasteiger partial charge in [-0.05, 0) is 11.1 Å². The van der Waals surface area contributed by atoms with Gasteiger partial charge in [-0.2, -0.15) is 0 Å². The Kier molecular flexibility index (Phi) is 2.94. The molecule has 4 heteroatoms. The van der Waals surface area contributed by atoms with Crippen LogP contribution < -0.4 is 0 Å². The van der Waals surface area contributed by atoms with Gasteiger partial charge in [-0.3, -0.25) is 19.3 Å². The van der Waals surface area contributed by atoms with E-state index in [4.69, 9.17) is 0 Å². The van der Waals surface area contributed by atoms with Crippen LogP contribution in [-0.4, -0.2) is 29.5 Å². The van der Waals surface area contributed by atoms with E-state index in [1.165, 1.54) is 11.9 Å². The number of ketones is 1. The predicted molar refractivity (Wildman–Crippen MR) is 84.0 cm³/mol. The lowest BCUT2D eigenvalue weighted by atomic mass is 9.71. The fourth-order valence-corrected chi connectivity index (χ4v) is 3.74. The van der Waals surface area contributed by atoms with Gasteiger partial charge in [0, 0.05) is 30.5 Å². The molecule has 0 radical (unpaired) electrons. The van der Waals surface area contributed by atoms with Gasteiger partial charge < -0.3 is 0 Å². The normalized spacial score (nSPS) is 20.7. The average molecular weight is 305 g/mol. The number of hydrogen-bond acceptors (Lipinski definition) is 3. The zero-order valence-electron chi connectivity index (χ0n) is 12.7. The third kappa shape index (κ3) is 1.88. The summed E-state index contributed by atoms with van der Waals surface area (Å²) in [6.07, 6.45) is 0.191. The Bertz CT molecular complexity index is 806. The molecule has 4 nitrogen and oxygen atoms in total. The maximum atomic E-state index is 12.7. The van der Waals surface area contributed by atoms with Crippen LogP contribution in [0.3, 0.4) is 0 Å². The number of rotatable bonds is 1. The van der Waals surface area contributed by atoms with E-state index in [1.54, 1.807) is 12.1 Å². The molecule has 1 aliphatic carbocycles. The number of fused-ring (bicyclic) bond motifs is 2. The Morgan fingerprint density at radius 3 is 1.87 bits per heavy atom. The molecule has 4 rings (SSSR count). The summed E-state index contributed by atoms with van der Waals surface area (Å²) >= 11 is 0. The van der Waals surface area contributed by atoms with Crippen LogP contribution in [0.25, 0.3) is 0 Å². The van der Waals surface area contributed by atoms with Gasteiger partial charge in [0.1, 0.15) is 0 Å². The van der Waals surface area contributed by atoms with Crippen molar-refractivity contribution in [2.45, 2.75) is 12.3 Å². The first-order chi connectivity index (χ1) is 11.1. The van der Waals surface area contributed by atoms with Crippen LogP contribution in [0.5, 0.6) is 0 Å². The minimum Gasteiger partial charge on any atom is -0.289 e. The topological polar surface area (TPSA) is 54.5 Å². The molecule has 1 saturated heterocycles. The number of carbonyl (C=O) groups excluding carboxylic acids is 3. The molecule has 1 aliphatic heterocycles. The minimum atomic E-state index is -0.442. The molecule has 2 aliphatic rings. The average Bonchev–Trinajstić information content (AvgIpc) is 2.83. The Morgan fingerprint density at radius 1 is 0.870 bits per heavy atom. The van der Waals surface area contributed by atoms with Crippen molar-refractivity contribution in [3.8, 4) is 0 Å². The number of hydrogen-bond donors (Lipinski definition) is 0. The molecule has 0 saturated carbocycles. The van der Waals surface area contributed by atoms with Crippen molar-refractivity contribution in [1.29, 1.82) is 0 Å². The molecule has 1 heterocycles. The Morgan fingerprint density at radius 2 is 1.39 bits per heavy atom. The van der Waals surface area contributed by atoms with Gasteiger partial charge in [0.05, 0.1) is 5.92 Å². The number of amides is 2. The summed E-state index contributed by atoms with van der Waals surface area (Å²) in [4.78, 5) is 38.4. The number of benzene rings is 2. The maximum Gasteiger partial charge on any atom is 0.233 e. The lowest BCUT2D eigenvalue weighted by Gasteiger charge is -2.30. The largest absolute Gasteiger partial charge is 0.289 e. The zero-order chi connectivity index (χ0) is 16.1. The SMILES string of the molecule is CN1C(=O)C[C@@H](C2c3ccccc3C(=O)c3ccccc32)C1=O. The Balaban J connectivity index is 1.94. The van der Waals surface area contributed by atoms with Gasteiger partial charge in [-0.25, -0.2) is 0 Å². The highest BCUT2D eigenvalue weighted by Gasteiger charge is 2.45. The predicted octanol–water partition coefficient (Wildman–Crippen LogP) is 2.37. The van der Waals surface area contributed by atoms with Crippen molar-refractivity contribution in [2.24, 2.45) is 5.92 Å². The third-order valence-corrected chi connectivity index (χ3v) is 4.90. The highest BCUT2D eigenvalue weighted by molar-refractivity contribution is 6.13. The molecular weight excluding hydrogens is 290 g/mol. The first kappa shape index (κ1) is 13.9. The van der Waals surface area contributed by atoms with Crippen molar-refractivity contribution in [3.63, 3.8) is 0 Å². The molecular formula is C19H15NO3. The van der Waals surface area contributed by atoms with Crippen LogP contribution in [0.1, 0.15) is 39.4 Å². The van der Waals surface area contributed by atoms with E-state index in [9.17, 15) is 14.4 Å². The molecule has 0 aromatic heterocycles. The summed E-state index contributed by atoms with van der Waals surface area (Å²) in [7, 11) is 1.52. The molecule has 0 bridgehead atoms. The van der Waals surface area contributed by atoms with Crippen LogP contribution in [-0.2, 0) is 9.59 Å². The summed E-state index contributed by atoms with van der Waals surface area (Å²) in [5.41, 5.74) is 2.95. The van der Waals surface area contributed by atoms with Gasteiger partial charge in [0.25, 0.3) is 0 Å². The highest BCUT2D eigenvalue weighted by Crippen LogP contribution is 2.44. The molecule has 1 fully saturated rings. The lowest BCUT2D eigenvalue weighted by molar-refractivity contribution is -0.137. The van der Waals surface area contributed by atoms with E-state index in [0.29, 0.717) is 11.1 Å². The van der Waals surface area contributed by atoms with Crippen molar-refractivity contribution in [2.75, 3.05) is 7.05 Å². The van der Waals surface area contributed by atoms with Crippen molar-refractivity contribution >= 4 is 17.6 Å². The number of likely N-dealkylation sites (tertiary alicyclic amines) is 1. The Labute approximate surface area is 133 Å². The summed E-state index contributed by atoms with van der Waals surface area (Å²) in [6, 6.07) is 14.8. The maximum absolute atomic E-state index is 12.7. The molecule has 1 atom stereocenters. The molecule has 23 heavy (non-hydrogen) atoms. The molecule has 114 valence electrons. The standard InChI is InChI=1S/C19H15NO3/c1-20-16(21)10-15(19(20)23)17-11-6-2-4-8-13(11)18(22)14-9-5-3-7-12(14)17/h2-9,15,17H,10H2,1H3/t15-/m0/s1. The van der Waals surface area contributed by atoms with Crippen LogP contribution in [0.4, 0.5) is 0 Å². The van der Waals surface area contributed by atoms with Gasteiger partial charge >= 0.3 is 0 Å². The summed E-state index contributed by atoms with van der Waals surface area (Å²) in [5, 5.41) is 0. The molecule has 2 amide bonds. The first-order valence-electron chi connectivity index (χ1n) is 7.62. The minimum absolute atomic E-state index is 0.0161. The van der Waals surface area contributed by atoms with Gasteiger partial charge in [-0.1, -0.05) is 48.5 Å². The monoisotopic (exact) mass is 305 g/mol. The first-order valence-corrected chi connectivity index (χ1v) is 7.62. The van der Waals surface area contributed by atoms with Crippen LogP contribution in [0.15, 0.2) is 48.5 Å². The second-order valence-electron chi connectivity index (χ2n) is 6.08. The van der Waals surface area contributed by atoms with E-state index < -0.39 is 5.92 Å². The second-order valence-corrected chi connectivity index (χ2v) is 6.08. The van der Waals surface area contributed by atoms with Gasteiger partial charge in [0.2, 0.25) is 11.8 Å². The fourth-order valence-electron chi connectivity index (χ4n) is 3.74. The quantitative estimate of drug-likeness (QED) is 0.760. The van der Waals surface area contributed by atoms with E-state index in [1.807, 2.05) is 36.4 Å². The number of nitrogens with zero attached hydrogens (tertiary/aromatic N) is 1. The molecule has 2 aromatic carbocycles. The van der Waals surface area contributed by atoms with E-state index in [-0.39, 0.29) is 29.9 Å². The van der Waals surface area contributed by atoms with Crippen LogP contribution in [0.2, 0.25) is 0 Å². The van der Waals surface area contributed by atoms with Crippen LogP contribution in [0, 0.1) is 5.92 Å². The summed E-state index contributed by atoms with van der Waals surface area (Å²) in [6.45, 7) is 0. The van der Waals surface area contributed by atoms with Crippen molar-refractivity contribution < 1.29 is 14.4 Å². The van der Waals surface area contributed by atoms with Crippen molar-refractivity contribution in [1.82, 2.24) is 4.90 Å². The fraction of sp³-hybridized carbons (Fsp3) is 0.211. The zero-order valence-corrected chi connectivity index (χ0v) is 12.7. The molecule has 2 aromatic rings. The molecule has 0 N–H and O–H groups in total. The Hall–Kier alpha value is -2.75. The van der Waals surface area contributed by atoms with E-state index in [0.717, 1.165) is 11.1 Å². The van der Waals surface area contributed by atoms with E-state index in [2.05, 4.69) is 0 Å². The smallest absolute Gasteiger partial charge is 0.233 e. The van der Waals surface area contributed by atoms with E-state index >= 15 is 0 Å². The van der Waals surface area contributed by atoms with Crippen LogP contribution >= 0.6 is 0 Å². The molecule has 0 unspecified atom stereocenters. The summed E-state index contributed by atoms with van der Waals surface area (Å²) in [5.74, 6) is -1.03. The number of carbonyl (C=O) groups is 3. The second kappa shape index (κ2) is 4.88. The van der Waals surface area contributed by atoms with Gasteiger partial charge in [0.15, 0.2) is 5.78 Å². The lowest BCUT2D eigenvalue weighted by Crippen LogP contribution is -2.31. The number of imide groups is 1. The third-order valence-electron chi connectivity index (χ3n) is 4.90. The molecule has 0 spiro atoms. The summed E-state index contributed by atoms with van der Waals surface area (Å²) < 4.78 is 0. The van der Waals surface area contributed by atoms with Gasteiger partial charge in [-0.15, -0.1) is 0 Å². The van der Waals surface area contributed by atoms with Crippen molar-refractivity contribution in [3.05, 3.63) is 70.8 Å².